The van der Waals surface area contributed by atoms with Gasteiger partial charge in [-0.1, -0.05) is 13.0 Å². The number of aliphatic hydroxyl groups excluding tert-OH is 1. The molecule has 3 heterocycles. The van der Waals surface area contributed by atoms with Crippen LogP contribution in [0.25, 0.3) is 11.4 Å². The van der Waals surface area contributed by atoms with Crippen LogP contribution in [0.3, 0.4) is 0 Å². The van der Waals surface area contributed by atoms with Crippen LogP contribution in [0.15, 0.2) is 42.7 Å². The normalized spacial score (nSPS) is 21.6. The number of aldehydes is 1. The number of pyridine rings is 3. The Bertz CT molecular complexity index is 1320. The van der Waals surface area contributed by atoms with Gasteiger partial charge >= 0.3 is 0 Å². The zero-order chi connectivity index (χ0) is 26.0. The lowest BCUT2D eigenvalue weighted by atomic mass is 9.71. The van der Waals surface area contributed by atoms with Gasteiger partial charge in [0.15, 0.2) is 11.5 Å². The van der Waals surface area contributed by atoms with E-state index in [1.807, 2.05) is 13.0 Å². The van der Waals surface area contributed by atoms with Crippen LogP contribution in [0.4, 0.5) is 11.4 Å². The second-order valence-electron chi connectivity index (χ2n) is 9.17. The molecular weight excluding hydrogens is 477 g/mol. The van der Waals surface area contributed by atoms with E-state index in [-0.39, 0.29) is 29.0 Å². The summed E-state index contributed by atoms with van der Waals surface area (Å²) in [7, 11) is 2.55. The topological polar surface area (TPSA) is 148 Å². The van der Waals surface area contributed by atoms with Gasteiger partial charge in [0.2, 0.25) is 0 Å². The van der Waals surface area contributed by atoms with Crippen LogP contribution in [-0.2, 0) is 4.79 Å². The van der Waals surface area contributed by atoms with Crippen LogP contribution in [0.5, 0.6) is 0 Å². The molecule has 0 saturated heterocycles. The Morgan fingerprint density at radius 1 is 1.17 bits per heavy atom. The zero-order valence-corrected chi connectivity index (χ0v) is 21.2. The number of nitrogens with zero attached hydrogens (tertiary/aromatic N) is 3. The van der Waals surface area contributed by atoms with Crippen LogP contribution in [0.2, 0.25) is 0 Å². The maximum atomic E-state index is 13.3. The summed E-state index contributed by atoms with van der Waals surface area (Å²) in [5, 5.41) is 14.1. The number of nitrogens with one attached hydrogen (secondary N) is 1. The van der Waals surface area contributed by atoms with Crippen molar-refractivity contribution in [2.24, 2.45) is 11.8 Å². The number of aromatic nitrogens is 3. The Morgan fingerprint density at radius 3 is 2.64 bits per heavy atom. The van der Waals surface area contributed by atoms with Gasteiger partial charge in [0.25, 0.3) is 5.91 Å². The molecule has 3 aromatic rings. The van der Waals surface area contributed by atoms with Crippen LogP contribution in [0, 0.1) is 11.8 Å². The summed E-state index contributed by atoms with van der Waals surface area (Å²) in [6.45, 7) is 3.37. The third kappa shape index (κ3) is 5.17. The second kappa shape index (κ2) is 10.6. The fourth-order valence-corrected chi connectivity index (χ4v) is 5.02. The van der Waals surface area contributed by atoms with Gasteiger partial charge in [-0.25, -0.2) is 9.97 Å². The molecule has 10 heteroatoms. The molecule has 9 nitrogen and oxygen atoms in total. The van der Waals surface area contributed by atoms with Gasteiger partial charge < -0.3 is 21.0 Å². The summed E-state index contributed by atoms with van der Waals surface area (Å²) < 4.78 is 0. The van der Waals surface area contributed by atoms with Crippen LogP contribution in [-0.4, -0.2) is 44.1 Å². The highest BCUT2D eigenvalue weighted by Gasteiger charge is 2.36. The first-order valence-electron chi connectivity index (χ1n) is 11.6. The number of carbonyl (C=O) groups excluding carboxylic acids is 3. The predicted octanol–water partition coefficient (Wildman–Crippen LogP) is 2.77. The number of carbonyl (C=O) groups is 3. The van der Waals surface area contributed by atoms with Crippen LogP contribution < -0.4 is 16.4 Å². The number of Topliss-reactive ketones (excluding diaryl/α,β-unsaturated/α-hetero) is 1. The summed E-state index contributed by atoms with van der Waals surface area (Å²) in [6, 6.07) is 8.41. The first-order chi connectivity index (χ1) is 17.2. The van der Waals surface area contributed by atoms with Gasteiger partial charge in [-0.05, 0) is 59.8 Å². The minimum Gasteiger partial charge on any atom is -0.397 e. The van der Waals surface area contributed by atoms with E-state index >= 15 is 0 Å². The quantitative estimate of drug-likeness (QED) is 0.263. The molecule has 0 spiro atoms. The van der Waals surface area contributed by atoms with Crippen LogP contribution in [0.1, 0.15) is 59.1 Å². The van der Waals surface area contributed by atoms with Crippen molar-refractivity contribution in [1.29, 1.82) is 0 Å². The van der Waals surface area contributed by atoms with Crippen molar-refractivity contribution in [3.63, 3.8) is 0 Å². The van der Waals surface area contributed by atoms with E-state index in [9.17, 15) is 19.5 Å². The number of nitrogen functional groups attached to an aromatic ring is 1. The predicted molar refractivity (Wildman–Crippen MR) is 140 cm³/mol. The SMILES string of the molecule is CC(=O)c1ccc(P)c(-c2ccc(N)c(C(=O)Nc3cnccc3C3CC(C)C(C=O)C(O)C3)n2)n1. The number of rotatable bonds is 6. The maximum Gasteiger partial charge on any atom is 0.276 e. The molecule has 0 aliphatic heterocycles. The van der Waals surface area contributed by atoms with Crippen molar-refractivity contribution >= 4 is 43.9 Å². The number of nitrogens with two attached hydrogens (primary N) is 1. The van der Waals surface area contributed by atoms with E-state index < -0.39 is 17.9 Å². The molecule has 0 bridgehead atoms. The molecule has 1 saturated carbocycles. The highest BCUT2D eigenvalue weighted by Crippen LogP contribution is 2.41. The summed E-state index contributed by atoms with van der Waals surface area (Å²) in [5.41, 5.74) is 8.77. The van der Waals surface area contributed by atoms with Gasteiger partial charge in [0.1, 0.15) is 12.0 Å². The summed E-state index contributed by atoms with van der Waals surface area (Å²) >= 11 is 0. The van der Waals surface area contributed by atoms with Gasteiger partial charge in [-0.2, -0.15) is 0 Å². The van der Waals surface area contributed by atoms with Gasteiger partial charge in [-0.15, -0.1) is 9.24 Å². The first kappa shape index (κ1) is 25.5. The monoisotopic (exact) mass is 505 g/mol. The second-order valence-corrected chi connectivity index (χ2v) is 9.79. The van der Waals surface area contributed by atoms with Crippen molar-refractivity contribution in [1.82, 2.24) is 15.0 Å². The van der Waals surface area contributed by atoms with Crippen molar-refractivity contribution in [3.8, 4) is 11.4 Å². The maximum absolute atomic E-state index is 13.3. The summed E-state index contributed by atoms with van der Waals surface area (Å²) in [6.07, 6.45) is 4.36. The molecule has 4 rings (SSSR count). The number of aliphatic hydroxyl groups is 1. The van der Waals surface area contributed by atoms with E-state index in [0.717, 1.165) is 17.2 Å². The smallest absolute Gasteiger partial charge is 0.276 e. The Hall–Kier alpha value is -3.55. The number of hydrogen-bond acceptors (Lipinski definition) is 8. The third-order valence-electron chi connectivity index (χ3n) is 6.65. The first-order valence-corrected chi connectivity index (χ1v) is 12.2. The molecule has 36 heavy (non-hydrogen) atoms. The number of amides is 1. The Labute approximate surface area is 211 Å². The van der Waals surface area contributed by atoms with Crippen molar-refractivity contribution in [2.45, 2.75) is 38.7 Å². The average Bonchev–Trinajstić information content (AvgIpc) is 2.84. The Balaban J connectivity index is 1.63. The Morgan fingerprint density at radius 2 is 1.94 bits per heavy atom. The molecule has 4 N–H and O–H groups in total. The summed E-state index contributed by atoms with van der Waals surface area (Å²) in [5.74, 6) is -1.16. The van der Waals surface area contributed by atoms with E-state index in [1.165, 1.54) is 6.92 Å². The molecule has 0 radical (unpaired) electrons. The molecule has 0 aromatic carbocycles. The molecule has 1 aliphatic carbocycles. The lowest BCUT2D eigenvalue weighted by molar-refractivity contribution is -0.118. The summed E-state index contributed by atoms with van der Waals surface area (Å²) in [4.78, 5) is 49.5. The molecule has 1 amide bonds. The standard InChI is InChI=1S/C26H28N5O4P/c1-13-9-15(10-22(34)17(13)12-32)16-7-8-28-11-21(16)31-26(35)24-18(27)3-4-20(30-24)25-23(36)6-5-19(29-25)14(2)33/h3-8,11-13,15,17,22,34H,9-10,27,36H2,1-2H3,(H,31,35). The zero-order valence-electron chi connectivity index (χ0n) is 20.0. The number of hydrogen-bond donors (Lipinski definition) is 3. The molecule has 3 aromatic heterocycles. The minimum atomic E-state index is -0.749. The molecule has 5 unspecified atom stereocenters. The highest BCUT2D eigenvalue weighted by molar-refractivity contribution is 7.27. The van der Waals surface area contributed by atoms with Gasteiger partial charge in [-0.3, -0.25) is 14.6 Å². The van der Waals surface area contributed by atoms with E-state index in [0.29, 0.717) is 35.6 Å². The number of anilines is 2. The van der Waals surface area contributed by atoms with E-state index in [4.69, 9.17) is 5.73 Å². The number of ketones is 1. The highest BCUT2D eigenvalue weighted by atomic mass is 31.0. The van der Waals surface area contributed by atoms with E-state index in [2.05, 4.69) is 29.5 Å². The fourth-order valence-electron chi connectivity index (χ4n) is 4.71. The molecule has 1 aliphatic rings. The van der Waals surface area contributed by atoms with Gasteiger partial charge in [0.05, 0.1) is 35.1 Å². The largest absolute Gasteiger partial charge is 0.397 e. The molecule has 5 atom stereocenters. The van der Waals surface area contributed by atoms with Crippen molar-refractivity contribution < 1.29 is 19.5 Å². The Kier molecular flexibility index (Phi) is 7.52. The molecular formula is C26H28N5O4P. The molecule has 186 valence electrons. The lowest BCUT2D eigenvalue weighted by Gasteiger charge is -2.36. The lowest BCUT2D eigenvalue weighted by Crippen LogP contribution is -2.35. The van der Waals surface area contributed by atoms with Crippen molar-refractivity contribution in [2.75, 3.05) is 11.1 Å². The fraction of sp³-hybridized carbons (Fsp3) is 0.308. The van der Waals surface area contributed by atoms with Gasteiger partial charge in [0, 0.05) is 19.0 Å². The minimum absolute atomic E-state index is 0.00124. The van der Waals surface area contributed by atoms with Crippen LogP contribution >= 0.6 is 9.24 Å². The van der Waals surface area contributed by atoms with E-state index in [1.54, 1.807) is 36.7 Å². The van der Waals surface area contributed by atoms with Crippen molar-refractivity contribution in [3.05, 3.63) is 59.7 Å². The third-order valence-corrected chi connectivity index (χ3v) is 7.12. The average molecular weight is 506 g/mol. The molecule has 1 fully saturated rings.